The summed E-state index contributed by atoms with van der Waals surface area (Å²) in [4.78, 5) is 13.1. The van der Waals surface area contributed by atoms with Crippen LogP contribution in [0.5, 0.6) is 5.75 Å². The van der Waals surface area contributed by atoms with E-state index in [1.807, 2.05) is 42.2 Å². The summed E-state index contributed by atoms with van der Waals surface area (Å²) < 4.78 is 10.2. The molecule has 0 heterocycles. The molecule has 1 aromatic rings. The summed E-state index contributed by atoms with van der Waals surface area (Å²) in [6, 6.07) is 9.64. The van der Waals surface area contributed by atoms with Crippen molar-refractivity contribution in [3.63, 3.8) is 0 Å². The maximum absolute atomic E-state index is 11.1. The highest BCUT2D eigenvalue weighted by atomic mass is 16.5. The van der Waals surface area contributed by atoms with E-state index >= 15 is 0 Å². The summed E-state index contributed by atoms with van der Waals surface area (Å²) >= 11 is 0. The average Bonchev–Trinajstić information content (AvgIpc) is 2.38. The van der Waals surface area contributed by atoms with Crippen molar-refractivity contribution in [1.82, 2.24) is 4.90 Å². The summed E-state index contributed by atoms with van der Waals surface area (Å²) in [5.74, 6) is 0.633. The minimum absolute atomic E-state index is 0.216. The zero-order valence-electron chi connectivity index (χ0n) is 10.4. The number of likely N-dealkylation sites (N-methyl/N-ethyl adjacent to an activating group) is 1. The molecule has 0 unspecified atom stereocenters. The number of para-hydroxylation sites is 1. The lowest BCUT2D eigenvalue weighted by Crippen LogP contribution is -2.33. The van der Waals surface area contributed by atoms with Gasteiger partial charge in [0.15, 0.2) is 0 Å². The van der Waals surface area contributed by atoms with Crippen molar-refractivity contribution in [2.75, 3.05) is 33.4 Å². The highest BCUT2D eigenvalue weighted by molar-refractivity contribution is 5.71. The number of nitrogens with zero attached hydrogens (tertiary/aromatic N) is 1. The molecule has 0 aliphatic heterocycles. The van der Waals surface area contributed by atoms with E-state index in [0.29, 0.717) is 19.7 Å². The summed E-state index contributed by atoms with van der Waals surface area (Å²) in [7, 11) is 1.40. The minimum Gasteiger partial charge on any atom is -0.492 e. The summed E-state index contributed by atoms with van der Waals surface area (Å²) in [6.07, 6.45) is 0. The van der Waals surface area contributed by atoms with Gasteiger partial charge in [-0.1, -0.05) is 25.1 Å². The van der Waals surface area contributed by atoms with E-state index in [2.05, 4.69) is 4.74 Å². The van der Waals surface area contributed by atoms with Gasteiger partial charge in [0, 0.05) is 6.54 Å². The van der Waals surface area contributed by atoms with Gasteiger partial charge in [0.25, 0.3) is 0 Å². The molecule has 17 heavy (non-hydrogen) atoms. The van der Waals surface area contributed by atoms with Crippen molar-refractivity contribution in [3.8, 4) is 5.75 Å². The highest BCUT2D eigenvalue weighted by Gasteiger charge is 2.08. The van der Waals surface area contributed by atoms with Crippen molar-refractivity contribution in [2.45, 2.75) is 6.92 Å². The van der Waals surface area contributed by atoms with Crippen molar-refractivity contribution in [2.24, 2.45) is 0 Å². The number of carbonyl (C=O) groups is 1. The second-order valence-corrected chi connectivity index (χ2v) is 3.61. The molecule has 0 aliphatic rings. The van der Waals surface area contributed by atoms with Crippen molar-refractivity contribution in [1.29, 1.82) is 0 Å². The predicted octanol–water partition coefficient (Wildman–Crippen LogP) is 1.56. The van der Waals surface area contributed by atoms with Gasteiger partial charge in [-0.3, -0.25) is 9.69 Å². The van der Waals surface area contributed by atoms with Crippen LogP contribution >= 0.6 is 0 Å². The molecule has 0 saturated heterocycles. The molecule has 0 aromatic heterocycles. The predicted molar refractivity (Wildman–Crippen MR) is 66.1 cm³/mol. The summed E-state index contributed by atoms with van der Waals surface area (Å²) in [5.41, 5.74) is 0. The Morgan fingerprint density at radius 3 is 2.59 bits per heavy atom. The van der Waals surface area contributed by atoms with Gasteiger partial charge in [0.1, 0.15) is 12.4 Å². The van der Waals surface area contributed by atoms with E-state index in [4.69, 9.17) is 4.74 Å². The number of esters is 1. The molecule has 0 bridgehead atoms. The second-order valence-electron chi connectivity index (χ2n) is 3.61. The van der Waals surface area contributed by atoms with E-state index in [-0.39, 0.29) is 5.97 Å². The number of methoxy groups -OCH3 is 1. The normalized spacial score (nSPS) is 10.3. The Labute approximate surface area is 102 Å². The first-order valence-electron chi connectivity index (χ1n) is 5.73. The van der Waals surface area contributed by atoms with Crippen molar-refractivity contribution < 1.29 is 14.3 Å². The van der Waals surface area contributed by atoms with E-state index in [1.165, 1.54) is 7.11 Å². The monoisotopic (exact) mass is 237 g/mol. The van der Waals surface area contributed by atoms with Crippen LogP contribution in [0, 0.1) is 0 Å². The number of carbonyl (C=O) groups excluding carboxylic acids is 1. The molecule has 0 fully saturated rings. The number of hydrogen-bond donors (Lipinski definition) is 0. The highest BCUT2D eigenvalue weighted by Crippen LogP contribution is 2.07. The van der Waals surface area contributed by atoms with Gasteiger partial charge in [-0.2, -0.15) is 0 Å². The van der Waals surface area contributed by atoms with Crippen LogP contribution in [0.15, 0.2) is 30.3 Å². The molecule has 0 saturated carbocycles. The molecule has 4 heteroatoms. The number of ether oxygens (including phenoxy) is 2. The molecule has 0 amide bonds. The summed E-state index contributed by atoms with van der Waals surface area (Å²) in [6.45, 7) is 4.39. The standard InChI is InChI=1S/C13H19NO3/c1-3-14(11-13(15)16-2)9-10-17-12-7-5-4-6-8-12/h4-8H,3,9-11H2,1-2H3. The van der Waals surface area contributed by atoms with Crippen LogP contribution < -0.4 is 4.74 Å². The van der Waals surface area contributed by atoms with Gasteiger partial charge in [-0.25, -0.2) is 0 Å². The smallest absolute Gasteiger partial charge is 0.319 e. The first-order chi connectivity index (χ1) is 8.26. The molecule has 0 atom stereocenters. The van der Waals surface area contributed by atoms with Gasteiger partial charge in [0.2, 0.25) is 0 Å². The number of hydrogen-bond acceptors (Lipinski definition) is 4. The second kappa shape index (κ2) is 7.68. The Hall–Kier alpha value is -1.55. The Morgan fingerprint density at radius 2 is 2.00 bits per heavy atom. The maximum Gasteiger partial charge on any atom is 0.319 e. The zero-order chi connectivity index (χ0) is 12.5. The fourth-order valence-corrected chi connectivity index (χ4v) is 1.41. The van der Waals surface area contributed by atoms with Crippen LogP contribution in [-0.2, 0) is 9.53 Å². The number of rotatable bonds is 7. The van der Waals surface area contributed by atoms with Crippen LogP contribution in [0.1, 0.15) is 6.92 Å². The molecule has 4 nitrogen and oxygen atoms in total. The Morgan fingerprint density at radius 1 is 1.29 bits per heavy atom. The average molecular weight is 237 g/mol. The van der Waals surface area contributed by atoms with Crippen LogP contribution in [-0.4, -0.2) is 44.2 Å². The third-order valence-electron chi connectivity index (χ3n) is 2.45. The zero-order valence-corrected chi connectivity index (χ0v) is 10.4. The van der Waals surface area contributed by atoms with E-state index < -0.39 is 0 Å². The van der Waals surface area contributed by atoms with Crippen LogP contribution in [0.3, 0.4) is 0 Å². The molecular weight excluding hydrogens is 218 g/mol. The maximum atomic E-state index is 11.1. The fraction of sp³-hybridized carbons (Fsp3) is 0.462. The third kappa shape index (κ3) is 5.36. The van der Waals surface area contributed by atoms with Gasteiger partial charge < -0.3 is 9.47 Å². The molecule has 1 aromatic carbocycles. The SMILES string of the molecule is CCN(CCOc1ccccc1)CC(=O)OC. The molecule has 0 N–H and O–H groups in total. The molecule has 0 radical (unpaired) electrons. The first-order valence-corrected chi connectivity index (χ1v) is 5.73. The van der Waals surface area contributed by atoms with Gasteiger partial charge >= 0.3 is 5.97 Å². The Balaban J connectivity index is 2.26. The minimum atomic E-state index is -0.216. The first kappa shape index (κ1) is 13.5. The quantitative estimate of drug-likeness (QED) is 0.675. The largest absolute Gasteiger partial charge is 0.492 e. The lowest BCUT2D eigenvalue weighted by Gasteiger charge is -2.18. The van der Waals surface area contributed by atoms with Crippen molar-refractivity contribution >= 4 is 5.97 Å². The molecule has 0 spiro atoms. The Kier molecular flexibility index (Phi) is 6.10. The fourth-order valence-electron chi connectivity index (χ4n) is 1.41. The van der Waals surface area contributed by atoms with Crippen LogP contribution in [0.25, 0.3) is 0 Å². The molecule has 0 aliphatic carbocycles. The topological polar surface area (TPSA) is 38.8 Å². The van der Waals surface area contributed by atoms with Crippen molar-refractivity contribution in [3.05, 3.63) is 30.3 Å². The van der Waals surface area contributed by atoms with Gasteiger partial charge in [0.05, 0.1) is 13.7 Å². The van der Waals surface area contributed by atoms with E-state index in [0.717, 1.165) is 12.3 Å². The molecular formula is C13H19NO3. The molecule has 1 rings (SSSR count). The third-order valence-corrected chi connectivity index (χ3v) is 2.45. The summed E-state index contributed by atoms with van der Waals surface area (Å²) in [5, 5.41) is 0. The van der Waals surface area contributed by atoms with Crippen LogP contribution in [0.2, 0.25) is 0 Å². The molecule has 94 valence electrons. The lowest BCUT2D eigenvalue weighted by molar-refractivity contribution is -0.141. The Bertz CT molecular complexity index is 327. The van der Waals surface area contributed by atoms with Crippen LogP contribution in [0.4, 0.5) is 0 Å². The van der Waals surface area contributed by atoms with Gasteiger partial charge in [-0.15, -0.1) is 0 Å². The van der Waals surface area contributed by atoms with E-state index in [9.17, 15) is 4.79 Å². The lowest BCUT2D eigenvalue weighted by atomic mass is 10.3. The van der Waals surface area contributed by atoms with E-state index in [1.54, 1.807) is 0 Å². The number of benzene rings is 1. The van der Waals surface area contributed by atoms with Gasteiger partial charge in [-0.05, 0) is 18.7 Å².